The highest BCUT2D eigenvalue weighted by molar-refractivity contribution is 5.97. The van der Waals surface area contributed by atoms with Crippen molar-refractivity contribution in [3.63, 3.8) is 0 Å². The number of carbonyl (C=O) groups is 1. The molecule has 72 valence electrons. The Morgan fingerprint density at radius 1 is 1.50 bits per heavy atom. The number of amides is 1. The van der Waals surface area contributed by atoms with Gasteiger partial charge in [0, 0.05) is 6.21 Å². The van der Waals surface area contributed by atoms with Crippen molar-refractivity contribution in [3.8, 4) is 5.75 Å². The Morgan fingerprint density at radius 3 is 2.86 bits per heavy atom. The first-order valence-corrected chi connectivity index (χ1v) is 3.98. The molecule has 0 atom stereocenters. The van der Waals surface area contributed by atoms with Gasteiger partial charge in [0.25, 0.3) is 5.91 Å². The van der Waals surface area contributed by atoms with Gasteiger partial charge in [-0.15, -0.1) is 0 Å². The molecule has 0 saturated carbocycles. The number of para-hydroxylation sites is 1. The molecular weight excluding hydrogens is 180 g/mol. The summed E-state index contributed by atoms with van der Waals surface area (Å²) in [6.07, 6.45) is 2.78. The number of hydrogen-bond acceptors (Lipinski definition) is 3. The van der Waals surface area contributed by atoms with Crippen LogP contribution in [0.5, 0.6) is 5.75 Å². The molecule has 4 nitrogen and oxygen atoms in total. The minimum Gasteiger partial charge on any atom is -0.507 e. The third-order valence-electron chi connectivity index (χ3n) is 1.49. The summed E-state index contributed by atoms with van der Waals surface area (Å²) in [4.78, 5) is 11.3. The summed E-state index contributed by atoms with van der Waals surface area (Å²) >= 11 is 0. The molecule has 0 spiro atoms. The van der Waals surface area contributed by atoms with E-state index in [4.69, 9.17) is 0 Å². The van der Waals surface area contributed by atoms with Gasteiger partial charge in [-0.1, -0.05) is 18.7 Å². The van der Waals surface area contributed by atoms with E-state index in [0.717, 1.165) is 0 Å². The Morgan fingerprint density at radius 2 is 2.21 bits per heavy atom. The van der Waals surface area contributed by atoms with E-state index in [1.54, 1.807) is 12.1 Å². The summed E-state index contributed by atoms with van der Waals surface area (Å²) in [5.74, 6) is -0.528. The van der Waals surface area contributed by atoms with Gasteiger partial charge in [0.2, 0.25) is 0 Å². The molecule has 0 unspecified atom stereocenters. The molecule has 1 amide bonds. The standard InChI is InChI=1S/C10H10N2O2/c1-2-7-11-12-10(14)8-5-3-4-6-9(8)13/h2-7,13H,1H2,(H,12,14). The van der Waals surface area contributed by atoms with Crippen LogP contribution in [0.2, 0.25) is 0 Å². The SMILES string of the molecule is C=CC=NNC(=O)c1ccccc1O. The summed E-state index contributed by atoms with van der Waals surface area (Å²) in [5, 5.41) is 12.9. The fourth-order valence-electron chi connectivity index (χ4n) is 0.874. The quantitative estimate of drug-likeness (QED) is 0.557. The summed E-state index contributed by atoms with van der Waals surface area (Å²) in [6, 6.07) is 6.24. The Kier molecular flexibility index (Phi) is 3.43. The smallest absolute Gasteiger partial charge is 0.275 e. The van der Waals surface area contributed by atoms with Crippen LogP contribution in [-0.4, -0.2) is 17.2 Å². The lowest BCUT2D eigenvalue weighted by molar-refractivity contribution is 0.0952. The molecule has 0 fully saturated rings. The van der Waals surface area contributed by atoms with Crippen LogP contribution >= 0.6 is 0 Å². The van der Waals surface area contributed by atoms with Crippen molar-refractivity contribution in [3.05, 3.63) is 42.5 Å². The zero-order chi connectivity index (χ0) is 10.4. The predicted octanol–water partition coefficient (Wildman–Crippen LogP) is 1.29. The van der Waals surface area contributed by atoms with Crippen LogP contribution in [0.15, 0.2) is 42.0 Å². The minimum absolute atomic E-state index is 0.0706. The molecular formula is C10H10N2O2. The number of phenols is 1. The number of nitrogens with one attached hydrogen (secondary N) is 1. The highest BCUT2D eigenvalue weighted by atomic mass is 16.3. The molecule has 0 aliphatic heterocycles. The second kappa shape index (κ2) is 4.81. The lowest BCUT2D eigenvalue weighted by atomic mass is 10.2. The second-order valence-electron chi connectivity index (χ2n) is 2.47. The fourth-order valence-corrected chi connectivity index (χ4v) is 0.874. The summed E-state index contributed by atoms with van der Waals surface area (Å²) in [7, 11) is 0. The lowest BCUT2D eigenvalue weighted by Gasteiger charge is -2.00. The topological polar surface area (TPSA) is 61.7 Å². The van der Waals surface area contributed by atoms with Crippen molar-refractivity contribution in [2.75, 3.05) is 0 Å². The number of nitrogens with zero attached hydrogens (tertiary/aromatic N) is 1. The van der Waals surface area contributed by atoms with Crippen LogP contribution in [0.3, 0.4) is 0 Å². The highest BCUT2D eigenvalue weighted by Crippen LogP contribution is 2.14. The summed E-state index contributed by atoms with van der Waals surface area (Å²) in [6.45, 7) is 3.40. The molecule has 0 radical (unpaired) electrons. The first-order valence-electron chi connectivity index (χ1n) is 3.98. The number of hydrogen-bond donors (Lipinski definition) is 2. The number of aromatic hydroxyl groups is 1. The predicted molar refractivity (Wildman–Crippen MR) is 54.3 cm³/mol. The maximum absolute atomic E-state index is 11.3. The molecule has 0 saturated heterocycles. The molecule has 1 rings (SSSR count). The van der Waals surface area contributed by atoms with Gasteiger partial charge in [-0.3, -0.25) is 4.79 Å². The van der Waals surface area contributed by atoms with Crippen LogP contribution < -0.4 is 5.43 Å². The zero-order valence-electron chi connectivity index (χ0n) is 7.47. The molecule has 0 heterocycles. The number of allylic oxidation sites excluding steroid dienone is 1. The Hall–Kier alpha value is -2.10. The van der Waals surface area contributed by atoms with Crippen LogP contribution in [-0.2, 0) is 0 Å². The van der Waals surface area contributed by atoms with Crippen molar-refractivity contribution >= 4 is 12.1 Å². The van der Waals surface area contributed by atoms with Crippen molar-refractivity contribution in [2.24, 2.45) is 5.10 Å². The van der Waals surface area contributed by atoms with Gasteiger partial charge in [0.05, 0.1) is 5.56 Å². The molecule has 0 aromatic heterocycles. The van der Waals surface area contributed by atoms with Crippen molar-refractivity contribution in [1.82, 2.24) is 5.43 Å². The Labute approximate surface area is 81.6 Å². The van der Waals surface area contributed by atoms with E-state index in [-0.39, 0.29) is 11.3 Å². The summed E-state index contributed by atoms with van der Waals surface area (Å²) in [5.41, 5.74) is 2.43. The summed E-state index contributed by atoms with van der Waals surface area (Å²) < 4.78 is 0. The van der Waals surface area contributed by atoms with E-state index >= 15 is 0 Å². The van der Waals surface area contributed by atoms with Crippen LogP contribution in [0.25, 0.3) is 0 Å². The largest absolute Gasteiger partial charge is 0.507 e. The maximum atomic E-state index is 11.3. The Bertz CT molecular complexity index is 372. The highest BCUT2D eigenvalue weighted by Gasteiger charge is 2.07. The molecule has 0 aliphatic rings. The average Bonchev–Trinajstić information content (AvgIpc) is 2.18. The van der Waals surface area contributed by atoms with Gasteiger partial charge < -0.3 is 5.11 Å². The molecule has 0 aliphatic carbocycles. The number of benzene rings is 1. The van der Waals surface area contributed by atoms with E-state index in [9.17, 15) is 9.90 Å². The van der Waals surface area contributed by atoms with Gasteiger partial charge in [-0.2, -0.15) is 5.10 Å². The van der Waals surface area contributed by atoms with Gasteiger partial charge in [0.15, 0.2) is 0 Å². The third-order valence-corrected chi connectivity index (χ3v) is 1.49. The van der Waals surface area contributed by atoms with Crippen LogP contribution in [0.1, 0.15) is 10.4 Å². The minimum atomic E-state index is -0.457. The normalized spacial score (nSPS) is 10.0. The fraction of sp³-hybridized carbons (Fsp3) is 0. The molecule has 0 bridgehead atoms. The van der Waals surface area contributed by atoms with Crippen molar-refractivity contribution in [1.29, 1.82) is 0 Å². The molecule has 4 heteroatoms. The van der Waals surface area contributed by atoms with E-state index in [2.05, 4.69) is 17.1 Å². The first kappa shape index (κ1) is 9.98. The molecule has 1 aromatic rings. The van der Waals surface area contributed by atoms with Gasteiger partial charge in [0.1, 0.15) is 5.75 Å². The first-order chi connectivity index (χ1) is 6.75. The van der Waals surface area contributed by atoms with E-state index < -0.39 is 5.91 Å². The van der Waals surface area contributed by atoms with E-state index in [1.165, 1.54) is 24.4 Å². The van der Waals surface area contributed by atoms with Gasteiger partial charge >= 0.3 is 0 Å². The van der Waals surface area contributed by atoms with Gasteiger partial charge in [-0.25, -0.2) is 5.43 Å². The lowest BCUT2D eigenvalue weighted by Crippen LogP contribution is -2.17. The number of phenolic OH excluding ortho intramolecular Hbond substituents is 1. The number of rotatable bonds is 3. The molecule has 1 aromatic carbocycles. The third kappa shape index (κ3) is 2.45. The van der Waals surface area contributed by atoms with E-state index in [1.807, 2.05) is 0 Å². The monoisotopic (exact) mass is 190 g/mol. The van der Waals surface area contributed by atoms with Crippen molar-refractivity contribution < 1.29 is 9.90 Å². The van der Waals surface area contributed by atoms with Crippen LogP contribution in [0.4, 0.5) is 0 Å². The maximum Gasteiger partial charge on any atom is 0.275 e. The zero-order valence-corrected chi connectivity index (χ0v) is 7.47. The molecule has 2 N–H and O–H groups in total. The van der Waals surface area contributed by atoms with Crippen LogP contribution in [0, 0.1) is 0 Å². The van der Waals surface area contributed by atoms with E-state index in [0.29, 0.717) is 0 Å². The average molecular weight is 190 g/mol. The number of carbonyl (C=O) groups excluding carboxylic acids is 1. The Balaban J connectivity index is 2.75. The van der Waals surface area contributed by atoms with Crippen molar-refractivity contribution in [2.45, 2.75) is 0 Å². The number of hydrazone groups is 1. The second-order valence-corrected chi connectivity index (χ2v) is 2.47. The van der Waals surface area contributed by atoms with Gasteiger partial charge in [-0.05, 0) is 18.2 Å². The molecule has 14 heavy (non-hydrogen) atoms.